The fourth-order valence-electron chi connectivity index (χ4n) is 3.53. The second kappa shape index (κ2) is 6.91. The number of rotatable bonds is 5. The highest BCUT2D eigenvalue weighted by molar-refractivity contribution is 7.91. The first kappa shape index (κ1) is 17.9. The van der Waals surface area contributed by atoms with E-state index in [1.54, 1.807) is 17.5 Å². The van der Waals surface area contributed by atoms with Crippen LogP contribution in [0.2, 0.25) is 0 Å². The van der Waals surface area contributed by atoms with Gasteiger partial charge in [-0.1, -0.05) is 11.2 Å². The van der Waals surface area contributed by atoms with Crippen LogP contribution >= 0.6 is 11.3 Å². The normalized spacial score (nSPS) is 29.1. The number of oxime groups is 1. The van der Waals surface area contributed by atoms with Crippen molar-refractivity contribution < 1.29 is 22.8 Å². The van der Waals surface area contributed by atoms with Crippen LogP contribution in [0.15, 0.2) is 26.9 Å². The number of sulfonamides is 1. The first-order chi connectivity index (χ1) is 12.5. The number of hydrogen-bond donors (Lipinski definition) is 1. The van der Waals surface area contributed by atoms with E-state index >= 15 is 0 Å². The molecular weight excluding hydrogens is 378 g/mol. The highest BCUT2D eigenvalue weighted by atomic mass is 32.2. The molecule has 0 aliphatic carbocycles. The Morgan fingerprint density at radius 1 is 1.50 bits per heavy atom. The molecule has 10 heteroatoms. The van der Waals surface area contributed by atoms with Gasteiger partial charge >= 0.3 is 0 Å². The van der Waals surface area contributed by atoms with Gasteiger partial charge in [-0.2, -0.15) is 4.31 Å². The summed E-state index contributed by atoms with van der Waals surface area (Å²) in [6.07, 6.45) is 2.86. The molecule has 2 fully saturated rings. The molecule has 8 nitrogen and oxygen atoms in total. The zero-order valence-corrected chi connectivity index (χ0v) is 15.9. The van der Waals surface area contributed by atoms with Crippen LogP contribution in [0, 0.1) is 0 Å². The molecular formula is C16H21N3O5S2. The van der Waals surface area contributed by atoms with Gasteiger partial charge < -0.3 is 14.9 Å². The van der Waals surface area contributed by atoms with Gasteiger partial charge in [0.05, 0.1) is 12.6 Å². The minimum atomic E-state index is -3.51. The lowest BCUT2D eigenvalue weighted by Gasteiger charge is -2.21. The molecule has 0 unspecified atom stereocenters. The molecule has 1 N–H and O–H groups in total. The zero-order chi connectivity index (χ0) is 18.2. The number of amides is 1. The number of nitrogens with one attached hydrogen (secondary N) is 1. The summed E-state index contributed by atoms with van der Waals surface area (Å²) >= 11 is 1.20. The van der Waals surface area contributed by atoms with Gasteiger partial charge in [0.15, 0.2) is 5.60 Å². The molecule has 0 saturated carbocycles. The van der Waals surface area contributed by atoms with E-state index in [2.05, 4.69) is 10.5 Å². The molecule has 0 bridgehead atoms. The van der Waals surface area contributed by atoms with E-state index < -0.39 is 15.6 Å². The van der Waals surface area contributed by atoms with E-state index in [0.29, 0.717) is 35.9 Å². The smallest absolute Gasteiger partial charge is 0.269 e. The molecule has 4 rings (SSSR count). The van der Waals surface area contributed by atoms with Crippen LogP contribution in [0.5, 0.6) is 0 Å². The topological polar surface area (TPSA) is 97.3 Å². The van der Waals surface area contributed by atoms with Crippen molar-refractivity contribution in [3.8, 4) is 0 Å². The highest BCUT2D eigenvalue weighted by Gasteiger charge is 2.50. The molecule has 142 valence electrons. The predicted molar refractivity (Wildman–Crippen MR) is 95.5 cm³/mol. The van der Waals surface area contributed by atoms with Gasteiger partial charge in [-0.15, -0.1) is 11.3 Å². The van der Waals surface area contributed by atoms with Crippen molar-refractivity contribution in [3.63, 3.8) is 0 Å². The van der Waals surface area contributed by atoms with Gasteiger partial charge in [0.2, 0.25) is 0 Å². The van der Waals surface area contributed by atoms with Crippen LogP contribution in [0.25, 0.3) is 0 Å². The largest absolute Gasteiger partial charge is 0.387 e. The first-order valence-electron chi connectivity index (χ1n) is 8.67. The van der Waals surface area contributed by atoms with E-state index in [-0.39, 0.29) is 18.6 Å². The average Bonchev–Trinajstić information content (AvgIpc) is 3.41. The van der Waals surface area contributed by atoms with Gasteiger partial charge in [-0.25, -0.2) is 8.42 Å². The summed E-state index contributed by atoms with van der Waals surface area (Å²) in [6.45, 7) is 1.77. The molecule has 0 aromatic carbocycles. The number of carbonyl (C=O) groups excluding carboxylic acids is 1. The molecule has 1 spiro atoms. The van der Waals surface area contributed by atoms with E-state index in [9.17, 15) is 13.2 Å². The van der Waals surface area contributed by atoms with E-state index in [4.69, 9.17) is 9.57 Å². The summed E-state index contributed by atoms with van der Waals surface area (Å²) < 4.78 is 32.5. The lowest BCUT2D eigenvalue weighted by Crippen LogP contribution is -2.40. The zero-order valence-electron chi connectivity index (χ0n) is 14.2. The molecule has 1 amide bonds. The van der Waals surface area contributed by atoms with Crippen molar-refractivity contribution in [1.29, 1.82) is 0 Å². The Morgan fingerprint density at radius 2 is 2.38 bits per heavy atom. The van der Waals surface area contributed by atoms with E-state index in [0.717, 1.165) is 19.4 Å². The van der Waals surface area contributed by atoms with Crippen LogP contribution in [0.1, 0.15) is 25.7 Å². The third-order valence-electron chi connectivity index (χ3n) is 4.99. The van der Waals surface area contributed by atoms with E-state index in [1.165, 1.54) is 15.6 Å². The van der Waals surface area contributed by atoms with Gasteiger partial charge in [0.25, 0.3) is 15.9 Å². The predicted octanol–water partition coefficient (Wildman–Crippen LogP) is 0.953. The van der Waals surface area contributed by atoms with Gasteiger partial charge in [0, 0.05) is 32.5 Å². The summed E-state index contributed by atoms with van der Waals surface area (Å²) in [6, 6.07) is 3.32. The monoisotopic (exact) mass is 399 g/mol. The number of thiophene rings is 1. The van der Waals surface area contributed by atoms with Gasteiger partial charge in [-0.3, -0.25) is 4.79 Å². The van der Waals surface area contributed by atoms with Crippen LogP contribution in [-0.2, 0) is 24.4 Å². The molecule has 2 atom stereocenters. The quantitative estimate of drug-likeness (QED) is 0.795. The summed E-state index contributed by atoms with van der Waals surface area (Å²) in [5.41, 5.74) is -0.417. The van der Waals surface area contributed by atoms with Crippen LogP contribution in [0.4, 0.5) is 0 Å². The average molecular weight is 399 g/mol. The molecule has 26 heavy (non-hydrogen) atoms. The number of ether oxygens (including phenoxy) is 1. The van der Waals surface area contributed by atoms with Gasteiger partial charge in [0.1, 0.15) is 9.92 Å². The van der Waals surface area contributed by atoms with Crippen molar-refractivity contribution >= 4 is 33.0 Å². The lowest BCUT2D eigenvalue weighted by molar-refractivity contribution is -0.115. The third kappa shape index (κ3) is 3.38. The Kier molecular flexibility index (Phi) is 4.76. The first-order valence-corrected chi connectivity index (χ1v) is 11.0. The molecule has 4 heterocycles. The van der Waals surface area contributed by atoms with Crippen molar-refractivity contribution in [3.05, 3.63) is 17.5 Å². The molecule has 1 aromatic rings. The minimum Gasteiger partial charge on any atom is -0.387 e. The Morgan fingerprint density at radius 3 is 3.12 bits per heavy atom. The van der Waals surface area contributed by atoms with Crippen molar-refractivity contribution in [2.75, 3.05) is 26.2 Å². The second-order valence-corrected chi connectivity index (χ2v) is 9.97. The maximum atomic E-state index is 12.7. The Balaban J connectivity index is 1.35. The minimum absolute atomic E-state index is 0.0637. The summed E-state index contributed by atoms with van der Waals surface area (Å²) in [4.78, 5) is 17.8. The SMILES string of the molecule is O=C(NC[C@H]1CCCO1)C1=NO[C@@]2(CCN(S(=O)(=O)c3cccs3)C2)C1. The maximum Gasteiger partial charge on any atom is 0.269 e. The maximum absolute atomic E-state index is 12.7. The van der Waals surface area contributed by atoms with E-state index in [1.807, 2.05) is 0 Å². The molecule has 3 aliphatic rings. The molecule has 1 aromatic heterocycles. The van der Waals surface area contributed by atoms with Crippen LogP contribution in [-0.4, -0.2) is 62.3 Å². The lowest BCUT2D eigenvalue weighted by atomic mass is 9.96. The van der Waals surface area contributed by atoms with Crippen molar-refractivity contribution in [1.82, 2.24) is 9.62 Å². The number of carbonyl (C=O) groups is 1. The fraction of sp³-hybridized carbons (Fsp3) is 0.625. The summed E-state index contributed by atoms with van der Waals surface area (Å²) in [7, 11) is -3.51. The van der Waals surface area contributed by atoms with Crippen LogP contribution < -0.4 is 5.32 Å². The molecule has 0 radical (unpaired) electrons. The second-order valence-electron chi connectivity index (χ2n) is 6.85. The molecule has 2 saturated heterocycles. The number of hydrogen-bond acceptors (Lipinski definition) is 7. The highest BCUT2D eigenvalue weighted by Crippen LogP contribution is 2.37. The Hall–Kier alpha value is -1.49. The Bertz CT molecular complexity index is 802. The standard InChI is InChI=1S/C16H21N3O5S2/c20-15(17-10-12-3-1-7-23-12)13-9-16(24-18-13)5-6-19(11-16)26(21,22)14-4-2-8-25-14/h2,4,8,12H,1,3,5-7,9-11H2,(H,17,20)/t12-,16+/m1/s1. The Labute approximate surface area is 156 Å². The van der Waals surface area contributed by atoms with Crippen molar-refractivity contribution in [2.24, 2.45) is 5.16 Å². The van der Waals surface area contributed by atoms with Gasteiger partial charge in [-0.05, 0) is 24.3 Å². The van der Waals surface area contributed by atoms with Crippen molar-refractivity contribution in [2.45, 2.75) is 41.6 Å². The summed E-state index contributed by atoms with van der Waals surface area (Å²) in [5.74, 6) is -0.267. The fourth-order valence-corrected chi connectivity index (χ4v) is 6.19. The summed E-state index contributed by atoms with van der Waals surface area (Å²) in [5, 5.41) is 8.51. The third-order valence-corrected chi connectivity index (χ3v) is 8.20. The number of nitrogens with zero attached hydrogens (tertiary/aromatic N) is 2. The van der Waals surface area contributed by atoms with Crippen LogP contribution in [0.3, 0.4) is 0 Å². The molecule has 3 aliphatic heterocycles.